The van der Waals surface area contributed by atoms with E-state index in [0.717, 1.165) is 13.1 Å². The third-order valence-electron chi connectivity index (χ3n) is 3.81. The number of aromatic amines is 1. The van der Waals surface area contributed by atoms with Crippen LogP contribution in [0.4, 0.5) is 0 Å². The Morgan fingerprint density at radius 1 is 1.25 bits per heavy atom. The average Bonchev–Trinajstić information content (AvgIpc) is 3.28. The molecule has 0 aromatic carbocycles. The number of nitrogens with one attached hydrogen (secondary N) is 1. The van der Waals surface area contributed by atoms with Gasteiger partial charge in [-0.3, -0.25) is 4.79 Å². The summed E-state index contributed by atoms with van der Waals surface area (Å²) in [5.41, 5.74) is 0.297. The van der Waals surface area contributed by atoms with Gasteiger partial charge >= 0.3 is 0 Å². The molecule has 0 atom stereocenters. The Hall–Kier alpha value is -1.01. The number of carbonyl (C=O) groups excluding carboxylic acids is 1. The van der Waals surface area contributed by atoms with Crippen LogP contribution in [0.5, 0.6) is 0 Å². The lowest BCUT2D eigenvalue weighted by molar-refractivity contribution is 0.0734. The van der Waals surface area contributed by atoms with Crippen molar-refractivity contribution in [1.29, 1.82) is 0 Å². The van der Waals surface area contributed by atoms with Crippen LogP contribution in [0.1, 0.15) is 36.2 Å². The number of nitrogens with zero attached hydrogens (tertiary/aromatic N) is 1. The molecule has 0 unspecified atom stereocenters. The van der Waals surface area contributed by atoms with Gasteiger partial charge < -0.3 is 9.88 Å². The van der Waals surface area contributed by atoms with Gasteiger partial charge in [0.2, 0.25) is 0 Å². The van der Waals surface area contributed by atoms with E-state index >= 15 is 0 Å². The quantitative estimate of drug-likeness (QED) is 0.818. The molecule has 0 bridgehead atoms. The first-order valence-corrected chi connectivity index (χ1v) is 9.17. The van der Waals surface area contributed by atoms with Crippen LogP contribution in [0, 0.1) is 11.8 Å². The summed E-state index contributed by atoms with van der Waals surface area (Å²) < 4.78 is 22.5. The van der Waals surface area contributed by atoms with Crippen LogP contribution in [-0.4, -0.2) is 37.3 Å². The van der Waals surface area contributed by atoms with Gasteiger partial charge in [-0.2, -0.15) is 0 Å². The number of aromatic nitrogens is 1. The zero-order chi connectivity index (χ0) is 14.3. The summed E-state index contributed by atoms with van der Waals surface area (Å²) in [6, 6.07) is 1.32. The van der Waals surface area contributed by atoms with Crippen LogP contribution in [-0.2, 0) is 9.05 Å². The van der Waals surface area contributed by atoms with Gasteiger partial charge in [0.15, 0.2) is 0 Å². The number of carbonyl (C=O) groups is 1. The molecule has 0 saturated heterocycles. The zero-order valence-electron chi connectivity index (χ0n) is 11.0. The third-order valence-corrected chi connectivity index (χ3v) is 5.14. The zero-order valence-corrected chi connectivity index (χ0v) is 12.6. The molecule has 110 valence electrons. The van der Waals surface area contributed by atoms with Gasteiger partial charge in [0.1, 0.15) is 10.6 Å². The summed E-state index contributed by atoms with van der Waals surface area (Å²) in [4.78, 5) is 17.0. The average molecular weight is 317 g/mol. The second kappa shape index (κ2) is 5.07. The fourth-order valence-electron chi connectivity index (χ4n) is 2.27. The normalized spacial score (nSPS) is 19.1. The van der Waals surface area contributed by atoms with E-state index in [2.05, 4.69) is 4.98 Å². The van der Waals surface area contributed by atoms with Crippen molar-refractivity contribution in [2.45, 2.75) is 30.6 Å². The van der Waals surface area contributed by atoms with Crippen molar-refractivity contribution >= 4 is 25.6 Å². The summed E-state index contributed by atoms with van der Waals surface area (Å²) in [7, 11) is 1.48. The molecule has 1 amide bonds. The monoisotopic (exact) mass is 316 g/mol. The van der Waals surface area contributed by atoms with Crippen molar-refractivity contribution in [3.63, 3.8) is 0 Å². The lowest BCUT2D eigenvalue weighted by Gasteiger charge is -2.21. The lowest BCUT2D eigenvalue weighted by atomic mass is 10.2. The SMILES string of the molecule is O=C(c1cc(S(=O)(=O)Cl)c[nH]1)N(CC1CC1)CC1CC1. The Bertz CT molecular complexity index is 603. The van der Waals surface area contributed by atoms with E-state index in [0.29, 0.717) is 17.5 Å². The molecule has 1 aromatic rings. The van der Waals surface area contributed by atoms with Gasteiger partial charge in [-0.25, -0.2) is 8.42 Å². The third kappa shape index (κ3) is 3.35. The van der Waals surface area contributed by atoms with Gasteiger partial charge in [-0.15, -0.1) is 0 Å². The van der Waals surface area contributed by atoms with Crippen molar-refractivity contribution < 1.29 is 13.2 Å². The van der Waals surface area contributed by atoms with E-state index < -0.39 is 9.05 Å². The molecule has 2 saturated carbocycles. The maximum absolute atomic E-state index is 12.5. The molecule has 3 rings (SSSR count). The van der Waals surface area contributed by atoms with E-state index in [1.165, 1.54) is 37.9 Å². The number of rotatable bonds is 6. The maximum atomic E-state index is 12.5. The summed E-state index contributed by atoms with van der Waals surface area (Å²) in [6.07, 6.45) is 5.99. The molecule has 5 nitrogen and oxygen atoms in total. The molecule has 20 heavy (non-hydrogen) atoms. The van der Waals surface area contributed by atoms with Gasteiger partial charge in [0, 0.05) is 30.0 Å². The minimum Gasteiger partial charge on any atom is -0.356 e. The Balaban J connectivity index is 1.75. The van der Waals surface area contributed by atoms with Crippen LogP contribution in [0.25, 0.3) is 0 Å². The molecular formula is C13H17ClN2O3S. The Morgan fingerprint density at radius 2 is 1.80 bits per heavy atom. The summed E-state index contributed by atoms with van der Waals surface area (Å²) >= 11 is 0. The standard InChI is InChI=1S/C13H17ClN2O3S/c14-20(18,19)11-5-12(15-6-11)13(17)16(7-9-1-2-9)8-10-3-4-10/h5-6,9-10,15H,1-4,7-8H2. The smallest absolute Gasteiger partial charge is 0.270 e. The second-order valence-corrected chi connectivity index (χ2v) is 8.35. The molecule has 7 heteroatoms. The number of hydrogen-bond acceptors (Lipinski definition) is 3. The molecular weight excluding hydrogens is 300 g/mol. The molecule has 0 aliphatic heterocycles. The molecule has 0 radical (unpaired) electrons. The Kier molecular flexibility index (Phi) is 3.54. The topological polar surface area (TPSA) is 70.2 Å². The molecule has 2 aliphatic rings. The maximum Gasteiger partial charge on any atom is 0.270 e. The van der Waals surface area contributed by atoms with Gasteiger partial charge in [-0.05, 0) is 43.6 Å². The first kappa shape index (κ1) is 13.9. The predicted molar refractivity (Wildman–Crippen MR) is 75.2 cm³/mol. The summed E-state index contributed by atoms with van der Waals surface area (Å²) in [5.74, 6) is 1.10. The molecule has 1 aromatic heterocycles. The van der Waals surface area contributed by atoms with E-state index in [1.54, 1.807) is 0 Å². The van der Waals surface area contributed by atoms with Crippen molar-refractivity contribution in [1.82, 2.24) is 9.88 Å². The van der Waals surface area contributed by atoms with Crippen LogP contribution in [0.15, 0.2) is 17.2 Å². The van der Waals surface area contributed by atoms with E-state index in [4.69, 9.17) is 10.7 Å². The van der Waals surface area contributed by atoms with Gasteiger partial charge in [-0.1, -0.05) is 0 Å². The van der Waals surface area contributed by atoms with Crippen LogP contribution in [0.3, 0.4) is 0 Å². The first-order chi connectivity index (χ1) is 9.43. The van der Waals surface area contributed by atoms with Gasteiger partial charge in [0.25, 0.3) is 15.0 Å². The highest BCUT2D eigenvalue weighted by molar-refractivity contribution is 8.13. The lowest BCUT2D eigenvalue weighted by Crippen LogP contribution is -2.34. The molecule has 2 aliphatic carbocycles. The van der Waals surface area contributed by atoms with Gasteiger partial charge in [0.05, 0.1) is 0 Å². The van der Waals surface area contributed by atoms with E-state index in [1.807, 2.05) is 4.90 Å². The second-order valence-electron chi connectivity index (χ2n) is 5.78. The molecule has 2 fully saturated rings. The number of halogens is 1. The van der Waals surface area contributed by atoms with Crippen LogP contribution in [0.2, 0.25) is 0 Å². The van der Waals surface area contributed by atoms with Crippen molar-refractivity contribution in [2.24, 2.45) is 11.8 Å². The predicted octanol–water partition coefficient (Wildman–Crippen LogP) is 2.20. The van der Waals surface area contributed by atoms with Crippen molar-refractivity contribution in [3.05, 3.63) is 18.0 Å². The van der Waals surface area contributed by atoms with Crippen molar-refractivity contribution in [3.8, 4) is 0 Å². The number of H-pyrrole nitrogens is 1. The Morgan fingerprint density at radius 3 is 2.20 bits per heavy atom. The van der Waals surface area contributed by atoms with Crippen molar-refractivity contribution in [2.75, 3.05) is 13.1 Å². The fraction of sp³-hybridized carbons (Fsp3) is 0.615. The van der Waals surface area contributed by atoms with Crippen LogP contribution < -0.4 is 0 Å². The first-order valence-electron chi connectivity index (χ1n) is 6.86. The Labute approximate surface area is 122 Å². The van der Waals surface area contributed by atoms with E-state index in [-0.39, 0.29) is 10.8 Å². The molecule has 1 N–H and O–H groups in total. The number of hydrogen-bond donors (Lipinski definition) is 1. The highest BCUT2D eigenvalue weighted by atomic mass is 35.7. The molecule has 0 spiro atoms. The summed E-state index contributed by atoms with van der Waals surface area (Å²) in [6.45, 7) is 1.55. The number of amides is 1. The summed E-state index contributed by atoms with van der Waals surface area (Å²) in [5, 5.41) is 0. The largest absolute Gasteiger partial charge is 0.356 e. The highest BCUT2D eigenvalue weighted by Gasteiger charge is 2.32. The fourth-order valence-corrected chi connectivity index (χ4v) is 3.00. The minimum absolute atomic E-state index is 0.0553. The van der Waals surface area contributed by atoms with E-state index in [9.17, 15) is 13.2 Å². The highest BCUT2D eigenvalue weighted by Crippen LogP contribution is 2.34. The minimum atomic E-state index is -3.79. The molecule has 1 heterocycles. The van der Waals surface area contributed by atoms with Crippen LogP contribution >= 0.6 is 10.7 Å².